The molecule has 10 heteroatoms. The predicted octanol–water partition coefficient (Wildman–Crippen LogP) is 4.29. The van der Waals surface area contributed by atoms with Crippen molar-refractivity contribution in [1.82, 2.24) is 9.36 Å². The lowest BCUT2D eigenvalue weighted by Crippen LogP contribution is -2.27. The third-order valence-corrected chi connectivity index (χ3v) is 6.42. The molecule has 0 saturated carbocycles. The molecule has 4 N–H and O–H groups in total. The highest BCUT2D eigenvalue weighted by molar-refractivity contribution is 7.13. The zero-order chi connectivity index (χ0) is 22.8. The molecule has 170 valence electrons. The number of anilines is 3. The van der Waals surface area contributed by atoms with Crippen molar-refractivity contribution in [2.45, 2.75) is 6.04 Å². The van der Waals surface area contributed by atoms with Crippen molar-refractivity contribution < 1.29 is 19.7 Å². The molecule has 0 radical (unpaired) electrons. The van der Waals surface area contributed by atoms with Crippen LogP contribution in [0.15, 0.2) is 48.7 Å². The third kappa shape index (κ3) is 4.40. The molecule has 1 aliphatic rings. The third-order valence-electron chi connectivity index (χ3n) is 5.23. The largest absolute Gasteiger partial charge is 0.486 e. The number of hydrogen-bond donors (Lipinski definition) is 4. The summed E-state index contributed by atoms with van der Waals surface area (Å²) in [6, 6.07) is 13.0. The summed E-state index contributed by atoms with van der Waals surface area (Å²) in [5, 5.41) is 25.4. The maximum Gasteiger partial charge on any atom is 0.170 e. The molecule has 3 heterocycles. The van der Waals surface area contributed by atoms with Gasteiger partial charge in [0.1, 0.15) is 18.7 Å². The molecule has 0 unspecified atom stereocenters. The highest BCUT2D eigenvalue weighted by atomic mass is 35.5. The molecule has 33 heavy (non-hydrogen) atoms. The molecule has 2 aromatic carbocycles. The van der Waals surface area contributed by atoms with Gasteiger partial charge in [-0.1, -0.05) is 29.8 Å². The molecule has 0 fully saturated rings. The summed E-state index contributed by atoms with van der Waals surface area (Å²) in [7, 11) is 0. The van der Waals surface area contributed by atoms with Gasteiger partial charge in [0.05, 0.1) is 46.5 Å². The molecule has 8 nitrogen and oxygen atoms in total. The van der Waals surface area contributed by atoms with E-state index in [4.69, 9.17) is 21.1 Å². The van der Waals surface area contributed by atoms with Gasteiger partial charge in [-0.25, -0.2) is 4.98 Å². The predicted molar refractivity (Wildman–Crippen MR) is 130 cm³/mol. The van der Waals surface area contributed by atoms with E-state index in [1.807, 2.05) is 42.5 Å². The fourth-order valence-electron chi connectivity index (χ4n) is 3.57. The van der Waals surface area contributed by atoms with E-state index < -0.39 is 6.04 Å². The number of benzene rings is 2. The van der Waals surface area contributed by atoms with E-state index in [1.54, 1.807) is 6.20 Å². The summed E-state index contributed by atoms with van der Waals surface area (Å²) in [5.41, 5.74) is 3.89. The van der Waals surface area contributed by atoms with Crippen LogP contribution in [0.25, 0.3) is 21.3 Å². The van der Waals surface area contributed by atoms with Crippen molar-refractivity contribution in [3.05, 3.63) is 53.7 Å². The Kier molecular flexibility index (Phi) is 6.19. The summed E-state index contributed by atoms with van der Waals surface area (Å²) in [5.74, 6) is 2.04. The Morgan fingerprint density at radius 1 is 1.06 bits per heavy atom. The van der Waals surface area contributed by atoms with Crippen LogP contribution < -0.4 is 20.1 Å². The van der Waals surface area contributed by atoms with E-state index in [2.05, 4.69) is 20.0 Å². The van der Waals surface area contributed by atoms with Crippen LogP contribution in [0.3, 0.4) is 0 Å². The summed E-state index contributed by atoms with van der Waals surface area (Å²) < 4.78 is 16.7. The van der Waals surface area contributed by atoms with E-state index in [0.29, 0.717) is 46.7 Å². The average Bonchev–Trinajstić information content (AvgIpc) is 3.25. The number of pyridine rings is 1. The fraction of sp³-hybridized carbons (Fsp3) is 0.217. The Labute approximate surface area is 198 Å². The molecule has 4 aromatic rings. The van der Waals surface area contributed by atoms with E-state index in [0.717, 1.165) is 21.6 Å². The molecule has 0 spiro atoms. The Morgan fingerprint density at radius 2 is 1.88 bits per heavy atom. The second-order valence-electron chi connectivity index (χ2n) is 7.46. The number of ether oxygens (including phenoxy) is 2. The lowest BCUT2D eigenvalue weighted by atomic mass is 10.0. The van der Waals surface area contributed by atoms with Gasteiger partial charge in [-0.05, 0) is 41.4 Å². The van der Waals surface area contributed by atoms with Crippen molar-refractivity contribution >= 4 is 50.5 Å². The first-order valence-corrected chi connectivity index (χ1v) is 11.5. The van der Waals surface area contributed by atoms with E-state index in [1.165, 1.54) is 11.5 Å². The monoisotopic (exact) mass is 484 g/mol. The minimum atomic E-state index is -0.447. The van der Waals surface area contributed by atoms with Gasteiger partial charge in [0.15, 0.2) is 17.3 Å². The number of fused-ring (bicyclic) bond motifs is 2. The number of halogens is 1. The fourth-order valence-corrected chi connectivity index (χ4v) is 4.59. The van der Waals surface area contributed by atoms with E-state index >= 15 is 0 Å². The number of nitrogens with one attached hydrogen (secondary N) is 2. The van der Waals surface area contributed by atoms with Gasteiger partial charge < -0.3 is 30.3 Å². The zero-order valence-electron chi connectivity index (χ0n) is 17.4. The molecule has 0 aliphatic carbocycles. The van der Waals surface area contributed by atoms with Crippen molar-refractivity contribution in [1.29, 1.82) is 0 Å². The van der Waals surface area contributed by atoms with Crippen LogP contribution in [-0.2, 0) is 0 Å². The molecule has 2 aromatic heterocycles. The summed E-state index contributed by atoms with van der Waals surface area (Å²) in [6.07, 6.45) is 1.65. The maximum absolute atomic E-state index is 9.27. The molecule has 0 saturated heterocycles. The number of nitrogens with zero attached hydrogens (tertiary/aromatic N) is 2. The lowest BCUT2D eigenvalue weighted by Gasteiger charge is -2.19. The molecular weight excluding hydrogens is 464 g/mol. The smallest absolute Gasteiger partial charge is 0.170 e. The molecule has 5 rings (SSSR count). The van der Waals surface area contributed by atoms with Crippen LogP contribution in [0.4, 0.5) is 17.2 Å². The molecular formula is C23H21ClN4O4S. The van der Waals surface area contributed by atoms with E-state index in [-0.39, 0.29) is 13.2 Å². The topological polar surface area (TPSA) is 109 Å². The van der Waals surface area contributed by atoms with Gasteiger partial charge in [-0.3, -0.25) is 0 Å². The van der Waals surface area contributed by atoms with Crippen LogP contribution in [0.5, 0.6) is 11.5 Å². The summed E-state index contributed by atoms with van der Waals surface area (Å²) >= 11 is 8.07. The van der Waals surface area contributed by atoms with Gasteiger partial charge in [-0.15, -0.1) is 0 Å². The second kappa shape index (κ2) is 9.40. The molecule has 0 amide bonds. The molecule has 0 bridgehead atoms. The standard InChI is InChI=1S/C23H21ClN4O4S/c24-21-16(13-4-5-18-19(8-13)32-7-6-31-18)2-1-3-17(21)27-23-22-20(33-28-23)9-14(10-25-22)26-15(11-29)12-30/h1-5,8-10,15,26,29-30H,6-7,11-12H2,(H,27,28). The molecule has 0 atom stereocenters. The number of aromatic nitrogens is 2. The van der Waals surface area contributed by atoms with Crippen LogP contribution in [0.1, 0.15) is 0 Å². The first-order valence-electron chi connectivity index (χ1n) is 10.4. The van der Waals surface area contributed by atoms with Crippen molar-refractivity contribution in [3.8, 4) is 22.6 Å². The number of aliphatic hydroxyl groups is 2. The van der Waals surface area contributed by atoms with Crippen molar-refractivity contribution in [3.63, 3.8) is 0 Å². The average molecular weight is 485 g/mol. The maximum atomic E-state index is 9.27. The SMILES string of the molecule is OCC(CO)Nc1cnc2c(Nc3cccc(-c4ccc5c(c4)OCCO5)c3Cl)nsc2c1. The first-order chi connectivity index (χ1) is 16.2. The summed E-state index contributed by atoms with van der Waals surface area (Å²) in [4.78, 5) is 4.50. The highest BCUT2D eigenvalue weighted by Crippen LogP contribution is 2.40. The van der Waals surface area contributed by atoms with Gasteiger partial charge in [0.25, 0.3) is 0 Å². The molecule has 1 aliphatic heterocycles. The minimum Gasteiger partial charge on any atom is -0.486 e. The highest BCUT2D eigenvalue weighted by Gasteiger charge is 2.17. The summed E-state index contributed by atoms with van der Waals surface area (Å²) in [6.45, 7) is 0.710. The Morgan fingerprint density at radius 3 is 2.70 bits per heavy atom. The van der Waals surface area contributed by atoms with Crippen LogP contribution >= 0.6 is 23.1 Å². The van der Waals surface area contributed by atoms with E-state index in [9.17, 15) is 10.2 Å². The Bertz CT molecular complexity index is 1290. The van der Waals surface area contributed by atoms with Crippen molar-refractivity contribution in [2.24, 2.45) is 0 Å². The Hall–Kier alpha value is -3.11. The quantitative estimate of drug-likeness (QED) is 0.307. The second-order valence-corrected chi connectivity index (χ2v) is 8.64. The minimum absolute atomic E-state index is 0.178. The zero-order valence-corrected chi connectivity index (χ0v) is 19.0. The Balaban J connectivity index is 1.42. The van der Waals surface area contributed by atoms with Crippen LogP contribution in [0, 0.1) is 0 Å². The van der Waals surface area contributed by atoms with Gasteiger partial charge >= 0.3 is 0 Å². The van der Waals surface area contributed by atoms with Crippen LogP contribution in [-0.4, -0.2) is 52.0 Å². The van der Waals surface area contributed by atoms with Gasteiger partial charge in [0.2, 0.25) is 0 Å². The van der Waals surface area contributed by atoms with Gasteiger partial charge in [0, 0.05) is 5.56 Å². The normalized spacial score (nSPS) is 12.8. The number of aliphatic hydroxyl groups excluding tert-OH is 2. The first kappa shape index (κ1) is 21.7. The number of rotatable bonds is 7. The van der Waals surface area contributed by atoms with Crippen LogP contribution in [0.2, 0.25) is 5.02 Å². The van der Waals surface area contributed by atoms with Crippen molar-refractivity contribution in [2.75, 3.05) is 37.1 Å². The number of hydrogen-bond acceptors (Lipinski definition) is 9. The lowest BCUT2D eigenvalue weighted by molar-refractivity contribution is 0.171. The van der Waals surface area contributed by atoms with Gasteiger partial charge in [-0.2, -0.15) is 4.37 Å².